The summed E-state index contributed by atoms with van der Waals surface area (Å²) >= 11 is 0. The molecule has 27 heavy (non-hydrogen) atoms. The van der Waals surface area contributed by atoms with Crippen LogP contribution in [0.1, 0.15) is 12.0 Å². The van der Waals surface area contributed by atoms with Crippen LogP contribution >= 0.6 is 0 Å². The average Bonchev–Trinajstić information content (AvgIpc) is 3.33. The van der Waals surface area contributed by atoms with Crippen molar-refractivity contribution in [2.45, 2.75) is 25.4 Å². The lowest BCUT2D eigenvalue weighted by atomic mass is 10.0. The number of aromatic nitrogens is 3. The third-order valence-electron chi connectivity index (χ3n) is 5.34. The van der Waals surface area contributed by atoms with Crippen LogP contribution in [0.4, 0.5) is 8.78 Å². The van der Waals surface area contributed by atoms with Gasteiger partial charge in [0.15, 0.2) is 0 Å². The van der Waals surface area contributed by atoms with Gasteiger partial charge in [-0.2, -0.15) is 5.10 Å². The van der Waals surface area contributed by atoms with Crippen LogP contribution in [-0.4, -0.2) is 62.1 Å². The van der Waals surface area contributed by atoms with Gasteiger partial charge in [-0.25, -0.2) is 18.4 Å². The van der Waals surface area contributed by atoms with Crippen molar-refractivity contribution in [1.82, 2.24) is 24.6 Å². The Hall–Kier alpha value is -2.84. The summed E-state index contributed by atoms with van der Waals surface area (Å²) in [6.45, 7) is 1.79. The summed E-state index contributed by atoms with van der Waals surface area (Å²) in [5.74, 6) is -1.41. The molecule has 2 aromatic rings. The topological polar surface area (TPSA) is 71.3 Å². The van der Waals surface area contributed by atoms with Gasteiger partial charge in [-0.3, -0.25) is 9.59 Å². The molecule has 0 unspecified atom stereocenters. The molecule has 4 rings (SSSR count). The van der Waals surface area contributed by atoms with Gasteiger partial charge in [-0.15, -0.1) is 0 Å². The van der Waals surface area contributed by atoms with E-state index >= 15 is 0 Å². The Kier molecular flexibility index (Phi) is 4.59. The van der Waals surface area contributed by atoms with Crippen molar-refractivity contribution >= 4 is 11.8 Å². The monoisotopic (exact) mass is 375 g/mol. The second-order valence-corrected chi connectivity index (χ2v) is 7.01. The SMILES string of the molecule is O=C(Cn1cncn1)N1C[C@H]2CCN(C(=O)Cc3ccc(F)cc3F)[C@H]2C1. The Balaban J connectivity index is 1.39. The maximum Gasteiger partial charge on any atom is 0.244 e. The summed E-state index contributed by atoms with van der Waals surface area (Å²) in [6.07, 6.45) is 3.57. The van der Waals surface area contributed by atoms with Gasteiger partial charge in [-0.05, 0) is 18.1 Å². The zero-order chi connectivity index (χ0) is 19.0. The lowest BCUT2D eigenvalue weighted by Crippen LogP contribution is -2.42. The van der Waals surface area contributed by atoms with Gasteiger partial charge in [0, 0.05) is 31.6 Å². The molecule has 0 bridgehead atoms. The molecule has 0 radical (unpaired) electrons. The maximum atomic E-state index is 13.8. The number of nitrogens with zero attached hydrogens (tertiary/aromatic N) is 5. The molecule has 0 N–H and O–H groups in total. The number of likely N-dealkylation sites (tertiary alicyclic amines) is 2. The fourth-order valence-electron chi connectivity index (χ4n) is 3.96. The summed E-state index contributed by atoms with van der Waals surface area (Å²) in [5.41, 5.74) is 0.182. The third-order valence-corrected chi connectivity index (χ3v) is 5.34. The van der Waals surface area contributed by atoms with E-state index in [0.717, 1.165) is 18.6 Å². The zero-order valence-corrected chi connectivity index (χ0v) is 14.6. The highest BCUT2D eigenvalue weighted by atomic mass is 19.1. The Labute approximate surface area is 154 Å². The van der Waals surface area contributed by atoms with Gasteiger partial charge < -0.3 is 9.80 Å². The van der Waals surface area contributed by atoms with Crippen LogP contribution in [0, 0.1) is 17.6 Å². The van der Waals surface area contributed by atoms with Crippen molar-refractivity contribution in [1.29, 1.82) is 0 Å². The van der Waals surface area contributed by atoms with E-state index in [4.69, 9.17) is 0 Å². The molecule has 142 valence electrons. The van der Waals surface area contributed by atoms with Crippen LogP contribution in [0.3, 0.4) is 0 Å². The van der Waals surface area contributed by atoms with E-state index in [9.17, 15) is 18.4 Å². The van der Waals surface area contributed by atoms with Crippen molar-refractivity contribution < 1.29 is 18.4 Å². The molecule has 2 atom stereocenters. The first-order valence-corrected chi connectivity index (χ1v) is 8.85. The highest BCUT2D eigenvalue weighted by Crippen LogP contribution is 2.32. The van der Waals surface area contributed by atoms with Gasteiger partial charge in [0.2, 0.25) is 11.8 Å². The highest BCUT2D eigenvalue weighted by Gasteiger charge is 2.44. The number of hydrogen-bond acceptors (Lipinski definition) is 4. The number of carbonyl (C=O) groups excluding carboxylic acids is 2. The van der Waals surface area contributed by atoms with Crippen LogP contribution in [0.2, 0.25) is 0 Å². The molecule has 0 saturated carbocycles. The van der Waals surface area contributed by atoms with Crippen LogP contribution in [0.25, 0.3) is 0 Å². The maximum absolute atomic E-state index is 13.8. The normalized spacial score (nSPS) is 21.6. The van der Waals surface area contributed by atoms with Gasteiger partial charge in [0.05, 0.1) is 12.5 Å². The lowest BCUT2D eigenvalue weighted by molar-refractivity contribution is -0.134. The minimum Gasteiger partial charge on any atom is -0.339 e. The number of amides is 2. The fourth-order valence-corrected chi connectivity index (χ4v) is 3.96. The number of fused-ring (bicyclic) bond motifs is 1. The van der Waals surface area contributed by atoms with Crippen molar-refractivity contribution in [3.05, 3.63) is 48.1 Å². The molecule has 1 aromatic heterocycles. The van der Waals surface area contributed by atoms with Gasteiger partial charge in [0.25, 0.3) is 0 Å². The molecule has 0 spiro atoms. The number of hydrogen-bond donors (Lipinski definition) is 0. The largest absolute Gasteiger partial charge is 0.339 e. The molecule has 1 aromatic carbocycles. The Morgan fingerprint density at radius 2 is 2.04 bits per heavy atom. The van der Waals surface area contributed by atoms with Crippen LogP contribution in [0.5, 0.6) is 0 Å². The number of halogens is 2. The van der Waals surface area contributed by atoms with E-state index < -0.39 is 11.6 Å². The molecule has 0 aliphatic carbocycles. The summed E-state index contributed by atoms with van der Waals surface area (Å²) in [6, 6.07) is 3.19. The molecular formula is C18H19F2N5O2. The minimum atomic E-state index is -0.713. The average molecular weight is 375 g/mol. The number of carbonyl (C=O) groups is 2. The van der Waals surface area contributed by atoms with Gasteiger partial charge >= 0.3 is 0 Å². The van der Waals surface area contributed by atoms with Crippen molar-refractivity contribution in [3.8, 4) is 0 Å². The smallest absolute Gasteiger partial charge is 0.244 e. The van der Waals surface area contributed by atoms with Crippen LogP contribution < -0.4 is 0 Å². The molecule has 2 saturated heterocycles. The summed E-state index contributed by atoms with van der Waals surface area (Å²) in [7, 11) is 0. The molecule has 2 aliphatic heterocycles. The minimum absolute atomic E-state index is 0.0549. The Bertz CT molecular complexity index is 857. The first-order chi connectivity index (χ1) is 13.0. The summed E-state index contributed by atoms with van der Waals surface area (Å²) < 4.78 is 28.3. The Morgan fingerprint density at radius 1 is 1.19 bits per heavy atom. The quantitative estimate of drug-likeness (QED) is 0.795. The van der Waals surface area contributed by atoms with Gasteiger partial charge in [-0.1, -0.05) is 6.07 Å². The van der Waals surface area contributed by atoms with Crippen LogP contribution in [-0.2, 0) is 22.6 Å². The van der Waals surface area contributed by atoms with Crippen LogP contribution in [0.15, 0.2) is 30.9 Å². The van der Waals surface area contributed by atoms with Crippen molar-refractivity contribution in [3.63, 3.8) is 0 Å². The summed E-state index contributed by atoms with van der Waals surface area (Å²) in [5, 5.41) is 3.94. The first kappa shape index (κ1) is 17.6. The molecule has 2 fully saturated rings. The second kappa shape index (κ2) is 7.05. The Morgan fingerprint density at radius 3 is 2.78 bits per heavy atom. The molecule has 2 amide bonds. The zero-order valence-electron chi connectivity index (χ0n) is 14.6. The second-order valence-electron chi connectivity index (χ2n) is 7.01. The number of rotatable bonds is 4. The van der Waals surface area contributed by atoms with E-state index in [1.54, 1.807) is 9.80 Å². The first-order valence-electron chi connectivity index (χ1n) is 8.85. The van der Waals surface area contributed by atoms with E-state index in [-0.39, 0.29) is 42.3 Å². The van der Waals surface area contributed by atoms with E-state index in [1.165, 1.54) is 23.4 Å². The van der Waals surface area contributed by atoms with Gasteiger partial charge in [0.1, 0.15) is 30.8 Å². The van der Waals surface area contributed by atoms with E-state index in [2.05, 4.69) is 10.1 Å². The van der Waals surface area contributed by atoms with Crippen molar-refractivity contribution in [2.75, 3.05) is 19.6 Å². The molecule has 7 nitrogen and oxygen atoms in total. The third kappa shape index (κ3) is 3.54. The lowest BCUT2D eigenvalue weighted by Gasteiger charge is -2.25. The standard InChI is InChI=1S/C18H19F2N5O2/c19-14-2-1-12(15(20)6-14)5-17(26)25-4-3-13-7-23(8-16(13)25)18(27)9-24-11-21-10-22-24/h1-2,6,10-11,13,16H,3-5,7-9H2/t13-,16+/m1/s1. The van der Waals surface area contributed by atoms with Crippen molar-refractivity contribution in [2.24, 2.45) is 5.92 Å². The molecule has 2 aliphatic rings. The highest BCUT2D eigenvalue weighted by molar-refractivity contribution is 5.80. The molecule has 3 heterocycles. The fraction of sp³-hybridized carbons (Fsp3) is 0.444. The summed E-state index contributed by atoms with van der Waals surface area (Å²) in [4.78, 5) is 32.4. The molecular weight excluding hydrogens is 356 g/mol. The van der Waals surface area contributed by atoms with E-state index in [0.29, 0.717) is 19.6 Å². The molecule has 9 heteroatoms. The predicted molar refractivity (Wildman–Crippen MR) is 90.3 cm³/mol. The predicted octanol–water partition coefficient (Wildman–Crippen LogP) is 0.858. The number of benzene rings is 1. The van der Waals surface area contributed by atoms with E-state index in [1.807, 2.05) is 0 Å².